The van der Waals surface area contributed by atoms with Gasteiger partial charge < -0.3 is 4.90 Å². The summed E-state index contributed by atoms with van der Waals surface area (Å²) in [6.07, 6.45) is 3.53. The smallest absolute Gasteiger partial charge is 0.0994 e. The maximum absolute atomic E-state index is 9.26. The minimum Gasteiger partial charge on any atom is -0.371 e. The second-order valence-corrected chi connectivity index (χ2v) is 8.87. The monoisotopic (exact) mass is 393 g/mol. The lowest BCUT2D eigenvalue weighted by Crippen LogP contribution is -2.37. The van der Waals surface area contributed by atoms with Crippen molar-refractivity contribution in [1.29, 1.82) is 5.26 Å². The number of nitriles is 1. The Morgan fingerprint density at radius 3 is 2.61 bits per heavy atom. The van der Waals surface area contributed by atoms with E-state index < -0.39 is 0 Å². The minimum absolute atomic E-state index is 0.606. The van der Waals surface area contributed by atoms with E-state index in [1.165, 1.54) is 35.2 Å². The van der Waals surface area contributed by atoms with Crippen LogP contribution in [0.1, 0.15) is 43.4 Å². The molecule has 2 aromatic rings. The van der Waals surface area contributed by atoms with Crippen LogP contribution < -0.4 is 4.90 Å². The topological polar surface area (TPSA) is 30.3 Å². The van der Waals surface area contributed by atoms with Crippen LogP contribution in [0.4, 0.5) is 5.69 Å². The van der Waals surface area contributed by atoms with Crippen LogP contribution in [0.25, 0.3) is 11.1 Å². The molecular weight excluding hydrogens is 361 g/mol. The van der Waals surface area contributed by atoms with Gasteiger partial charge >= 0.3 is 0 Å². The van der Waals surface area contributed by atoms with Crippen LogP contribution in [0.5, 0.6) is 0 Å². The van der Waals surface area contributed by atoms with Crippen molar-refractivity contribution in [3.63, 3.8) is 0 Å². The second-order valence-electron chi connectivity index (χ2n) is 8.14. The number of nitrogens with zero attached hydrogens (tertiary/aromatic N) is 3. The molecule has 1 fully saturated rings. The molecule has 3 rings (SSSR count). The fourth-order valence-electron chi connectivity index (χ4n) is 3.98. The lowest BCUT2D eigenvalue weighted by atomic mass is 9.93. The SMILES string of the molecule is CCCN(P)CC(C)Cc1ccc(N2CCC2)c(-c2ccc(C#N)c(C)c2)c1. The number of aryl methyl sites for hydroxylation is 1. The molecule has 4 heteroatoms. The van der Waals surface area contributed by atoms with E-state index in [1.54, 1.807) is 0 Å². The first kappa shape index (κ1) is 20.8. The highest BCUT2D eigenvalue weighted by Crippen LogP contribution is 2.35. The van der Waals surface area contributed by atoms with E-state index in [-0.39, 0.29) is 0 Å². The molecule has 0 radical (unpaired) electrons. The molecule has 0 N–H and O–H groups in total. The molecule has 2 aromatic carbocycles. The van der Waals surface area contributed by atoms with Crippen LogP contribution in [0.15, 0.2) is 36.4 Å². The van der Waals surface area contributed by atoms with E-state index in [2.05, 4.69) is 69.2 Å². The molecule has 1 heterocycles. The van der Waals surface area contributed by atoms with Crippen LogP contribution in [-0.4, -0.2) is 30.8 Å². The van der Waals surface area contributed by atoms with Gasteiger partial charge in [-0.2, -0.15) is 5.26 Å². The summed E-state index contributed by atoms with van der Waals surface area (Å²) in [7, 11) is 2.87. The van der Waals surface area contributed by atoms with Gasteiger partial charge in [0.2, 0.25) is 0 Å². The molecule has 0 amide bonds. The molecule has 0 bridgehead atoms. The van der Waals surface area contributed by atoms with Crippen molar-refractivity contribution in [2.45, 2.75) is 40.0 Å². The maximum Gasteiger partial charge on any atom is 0.0994 e. The number of rotatable bonds is 8. The molecule has 3 nitrogen and oxygen atoms in total. The third-order valence-corrected chi connectivity index (χ3v) is 6.03. The Morgan fingerprint density at radius 1 is 1.21 bits per heavy atom. The largest absolute Gasteiger partial charge is 0.371 e. The summed E-state index contributed by atoms with van der Waals surface area (Å²) >= 11 is 0. The molecule has 28 heavy (non-hydrogen) atoms. The van der Waals surface area contributed by atoms with E-state index in [0.717, 1.165) is 43.7 Å². The Balaban J connectivity index is 1.87. The molecule has 1 aliphatic heterocycles. The van der Waals surface area contributed by atoms with Gasteiger partial charge in [0.05, 0.1) is 11.6 Å². The third-order valence-electron chi connectivity index (χ3n) is 5.56. The Morgan fingerprint density at radius 2 is 2.00 bits per heavy atom. The third kappa shape index (κ3) is 4.93. The minimum atomic E-state index is 0.606. The zero-order valence-electron chi connectivity index (χ0n) is 17.4. The van der Waals surface area contributed by atoms with Crippen molar-refractivity contribution in [3.05, 3.63) is 53.1 Å². The predicted molar refractivity (Wildman–Crippen MR) is 123 cm³/mol. The molecule has 0 saturated carbocycles. The number of hydrogen-bond donors (Lipinski definition) is 0. The van der Waals surface area contributed by atoms with Crippen molar-refractivity contribution in [2.75, 3.05) is 31.1 Å². The first-order valence-corrected chi connectivity index (χ1v) is 10.9. The van der Waals surface area contributed by atoms with E-state index in [9.17, 15) is 5.26 Å². The fourth-order valence-corrected chi connectivity index (χ4v) is 4.59. The summed E-state index contributed by atoms with van der Waals surface area (Å²) in [5, 5.41) is 9.26. The average Bonchev–Trinajstić information content (AvgIpc) is 2.61. The highest BCUT2D eigenvalue weighted by molar-refractivity contribution is 7.13. The van der Waals surface area contributed by atoms with Crippen LogP contribution in [0, 0.1) is 24.2 Å². The van der Waals surface area contributed by atoms with Crippen molar-refractivity contribution in [3.8, 4) is 17.2 Å². The van der Waals surface area contributed by atoms with Crippen molar-refractivity contribution < 1.29 is 0 Å². The van der Waals surface area contributed by atoms with Gasteiger partial charge in [-0.05, 0) is 67.0 Å². The van der Waals surface area contributed by atoms with Gasteiger partial charge in [0.15, 0.2) is 0 Å². The lowest BCUT2D eigenvalue weighted by molar-refractivity contribution is 0.386. The Bertz CT molecular complexity index is 851. The molecule has 1 aliphatic rings. The van der Waals surface area contributed by atoms with Crippen LogP contribution >= 0.6 is 9.39 Å². The summed E-state index contributed by atoms with van der Waals surface area (Å²) in [5.41, 5.74) is 7.04. The van der Waals surface area contributed by atoms with Gasteiger partial charge in [-0.25, -0.2) is 0 Å². The second kappa shape index (κ2) is 9.55. The molecule has 2 atom stereocenters. The standard InChI is InChI=1S/C24H32N3P/c1-4-10-27(28)17-18(2)13-20-6-9-24(26-11-5-12-26)23(15-20)21-7-8-22(16-25)19(3)14-21/h6-9,14-15,18H,4-5,10-13,17,28H2,1-3H3. The van der Waals surface area contributed by atoms with Crippen molar-refractivity contribution >= 4 is 15.1 Å². The van der Waals surface area contributed by atoms with Crippen LogP contribution in [0.3, 0.4) is 0 Å². The number of benzene rings is 2. The molecule has 0 aromatic heterocycles. The Labute approximate surface area is 172 Å². The lowest BCUT2D eigenvalue weighted by Gasteiger charge is -2.35. The van der Waals surface area contributed by atoms with Crippen LogP contribution in [0.2, 0.25) is 0 Å². The van der Waals surface area contributed by atoms with Gasteiger partial charge in [0.1, 0.15) is 0 Å². The van der Waals surface area contributed by atoms with Gasteiger partial charge in [-0.1, -0.05) is 41.4 Å². The Kier molecular flexibility index (Phi) is 7.11. The quantitative estimate of drug-likeness (QED) is 0.561. The van der Waals surface area contributed by atoms with E-state index in [4.69, 9.17) is 0 Å². The molecule has 2 unspecified atom stereocenters. The highest BCUT2D eigenvalue weighted by atomic mass is 31.0. The molecule has 1 saturated heterocycles. The average molecular weight is 394 g/mol. The van der Waals surface area contributed by atoms with Gasteiger partial charge in [0.25, 0.3) is 0 Å². The van der Waals surface area contributed by atoms with Gasteiger partial charge in [0, 0.05) is 37.4 Å². The van der Waals surface area contributed by atoms with E-state index in [1.807, 2.05) is 13.0 Å². The molecule has 0 aliphatic carbocycles. The first-order chi connectivity index (χ1) is 13.5. The molecule has 0 spiro atoms. The fraction of sp³-hybridized carbons (Fsp3) is 0.458. The maximum atomic E-state index is 9.26. The summed E-state index contributed by atoms with van der Waals surface area (Å²) in [6.45, 7) is 11.1. The van der Waals surface area contributed by atoms with Gasteiger partial charge in [-0.3, -0.25) is 4.67 Å². The van der Waals surface area contributed by atoms with Gasteiger partial charge in [-0.15, -0.1) is 0 Å². The highest BCUT2D eigenvalue weighted by Gasteiger charge is 2.19. The number of hydrogen-bond acceptors (Lipinski definition) is 3. The summed E-state index contributed by atoms with van der Waals surface area (Å²) < 4.78 is 2.35. The van der Waals surface area contributed by atoms with Crippen molar-refractivity contribution in [1.82, 2.24) is 4.67 Å². The zero-order chi connectivity index (χ0) is 20.1. The predicted octanol–water partition coefficient (Wildman–Crippen LogP) is 5.42. The normalized spacial score (nSPS) is 14.6. The first-order valence-electron chi connectivity index (χ1n) is 10.4. The number of anilines is 1. The van der Waals surface area contributed by atoms with Crippen LogP contribution in [-0.2, 0) is 6.42 Å². The summed E-state index contributed by atoms with van der Waals surface area (Å²) in [6, 6.07) is 15.5. The Hall–Kier alpha value is -1.88. The molecular formula is C24H32N3P. The zero-order valence-corrected chi connectivity index (χ0v) is 18.6. The summed E-state index contributed by atoms with van der Waals surface area (Å²) in [5.74, 6) is 0.606. The summed E-state index contributed by atoms with van der Waals surface area (Å²) in [4.78, 5) is 2.46. The van der Waals surface area contributed by atoms with Crippen molar-refractivity contribution in [2.24, 2.45) is 5.92 Å². The van der Waals surface area contributed by atoms with E-state index >= 15 is 0 Å². The van der Waals surface area contributed by atoms with E-state index in [0.29, 0.717) is 5.92 Å². The molecule has 148 valence electrons.